The number of likely N-dealkylation sites (N-methyl/N-ethyl adjacent to an activating group) is 1. The maximum absolute atomic E-state index is 12.9. The monoisotopic (exact) mass is 491 g/mol. The third-order valence-electron chi connectivity index (χ3n) is 5.24. The van der Waals surface area contributed by atoms with E-state index in [-0.39, 0.29) is 42.6 Å². The van der Waals surface area contributed by atoms with Crippen LogP contribution in [-0.2, 0) is 26.1 Å². The molecule has 3 rings (SSSR count). The molecule has 0 spiro atoms. The maximum atomic E-state index is 12.9. The summed E-state index contributed by atoms with van der Waals surface area (Å²) in [6.07, 6.45) is 0. The number of benzene rings is 2. The minimum Gasteiger partial charge on any atom is -0.493 e. The predicted octanol–water partition coefficient (Wildman–Crippen LogP) is 1.11. The standard InChI is InChI=1S/C23H29N3O7S/c1-25(2)22(27)16-33-20-8-7-17(13-21(20)31-3)15-24-23(28)18-5-4-6-19(14-18)34(29,30)26-9-11-32-12-10-26/h4-8,13-14H,9-12,15-16H2,1-3H3,(H,24,28). The molecule has 0 aliphatic carbocycles. The van der Waals surface area contributed by atoms with Gasteiger partial charge in [0.2, 0.25) is 10.0 Å². The van der Waals surface area contributed by atoms with Crippen molar-refractivity contribution in [3.63, 3.8) is 0 Å². The highest BCUT2D eigenvalue weighted by Gasteiger charge is 2.26. The van der Waals surface area contributed by atoms with Gasteiger partial charge in [-0.05, 0) is 35.9 Å². The van der Waals surface area contributed by atoms with Crippen LogP contribution in [0.2, 0.25) is 0 Å². The van der Waals surface area contributed by atoms with Gasteiger partial charge in [0.1, 0.15) is 0 Å². The number of amides is 2. The first-order valence-corrected chi connectivity index (χ1v) is 12.1. The zero-order chi connectivity index (χ0) is 24.7. The van der Waals surface area contributed by atoms with Crippen LogP contribution in [0.25, 0.3) is 0 Å². The molecule has 0 radical (unpaired) electrons. The zero-order valence-electron chi connectivity index (χ0n) is 19.4. The third kappa shape index (κ3) is 6.25. The van der Waals surface area contributed by atoms with Gasteiger partial charge in [0.05, 0.1) is 25.2 Å². The number of nitrogens with zero attached hydrogens (tertiary/aromatic N) is 2. The average molecular weight is 492 g/mol. The third-order valence-corrected chi connectivity index (χ3v) is 7.13. The fourth-order valence-electron chi connectivity index (χ4n) is 3.23. The molecule has 1 aliphatic heterocycles. The summed E-state index contributed by atoms with van der Waals surface area (Å²) in [5.74, 6) is 0.247. The Morgan fingerprint density at radius 3 is 2.50 bits per heavy atom. The molecule has 10 nitrogen and oxygen atoms in total. The van der Waals surface area contributed by atoms with Crippen molar-refractivity contribution in [1.82, 2.24) is 14.5 Å². The average Bonchev–Trinajstić information content (AvgIpc) is 2.86. The van der Waals surface area contributed by atoms with Crippen LogP contribution in [0.1, 0.15) is 15.9 Å². The first-order valence-electron chi connectivity index (χ1n) is 10.7. The summed E-state index contributed by atoms with van der Waals surface area (Å²) in [5.41, 5.74) is 0.983. The number of carbonyl (C=O) groups is 2. The fourth-order valence-corrected chi connectivity index (χ4v) is 4.68. The minimum absolute atomic E-state index is 0.0671. The van der Waals surface area contributed by atoms with E-state index in [4.69, 9.17) is 14.2 Å². The molecule has 0 saturated carbocycles. The lowest BCUT2D eigenvalue weighted by Crippen LogP contribution is -2.40. The summed E-state index contributed by atoms with van der Waals surface area (Å²) >= 11 is 0. The molecule has 1 heterocycles. The number of carbonyl (C=O) groups excluding carboxylic acids is 2. The lowest BCUT2D eigenvalue weighted by molar-refractivity contribution is -0.130. The van der Waals surface area contributed by atoms with E-state index < -0.39 is 15.9 Å². The van der Waals surface area contributed by atoms with Crippen LogP contribution in [0.15, 0.2) is 47.4 Å². The second-order valence-electron chi connectivity index (χ2n) is 7.79. The Morgan fingerprint density at radius 2 is 1.82 bits per heavy atom. The van der Waals surface area contributed by atoms with Crippen molar-refractivity contribution in [2.75, 3.05) is 54.1 Å². The number of sulfonamides is 1. The molecule has 0 atom stereocenters. The van der Waals surface area contributed by atoms with Gasteiger partial charge in [0, 0.05) is 39.3 Å². The summed E-state index contributed by atoms with van der Waals surface area (Å²) < 4.78 is 43.2. The Kier molecular flexibility index (Phi) is 8.48. The van der Waals surface area contributed by atoms with Crippen LogP contribution >= 0.6 is 0 Å². The second kappa shape index (κ2) is 11.3. The molecule has 0 unspecified atom stereocenters. The van der Waals surface area contributed by atoms with E-state index in [1.165, 1.54) is 28.4 Å². The van der Waals surface area contributed by atoms with E-state index in [1.807, 2.05) is 0 Å². The molecule has 1 aliphatic rings. The second-order valence-corrected chi connectivity index (χ2v) is 9.73. The van der Waals surface area contributed by atoms with Gasteiger partial charge in [-0.1, -0.05) is 12.1 Å². The molecular weight excluding hydrogens is 462 g/mol. The van der Waals surface area contributed by atoms with Crippen molar-refractivity contribution < 1.29 is 32.2 Å². The van der Waals surface area contributed by atoms with Crippen molar-refractivity contribution in [1.29, 1.82) is 0 Å². The van der Waals surface area contributed by atoms with E-state index in [9.17, 15) is 18.0 Å². The van der Waals surface area contributed by atoms with Gasteiger partial charge in [0.15, 0.2) is 18.1 Å². The Labute approximate surface area is 199 Å². The predicted molar refractivity (Wildman–Crippen MR) is 124 cm³/mol. The van der Waals surface area contributed by atoms with Crippen molar-refractivity contribution in [2.45, 2.75) is 11.4 Å². The molecule has 0 bridgehead atoms. The van der Waals surface area contributed by atoms with E-state index in [0.29, 0.717) is 24.7 Å². The zero-order valence-corrected chi connectivity index (χ0v) is 20.3. The number of nitrogens with one attached hydrogen (secondary N) is 1. The Bertz CT molecular complexity index is 1130. The van der Waals surface area contributed by atoms with Gasteiger partial charge >= 0.3 is 0 Å². The summed E-state index contributed by atoms with van der Waals surface area (Å²) in [6, 6.07) is 11.1. The van der Waals surface area contributed by atoms with Crippen molar-refractivity contribution >= 4 is 21.8 Å². The van der Waals surface area contributed by atoms with Crippen molar-refractivity contribution in [3.8, 4) is 11.5 Å². The lowest BCUT2D eigenvalue weighted by atomic mass is 10.1. The molecule has 184 valence electrons. The smallest absolute Gasteiger partial charge is 0.259 e. The van der Waals surface area contributed by atoms with Crippen LogP contribution < -0.4 is 14.8 Å². The number of hydrogen-bond donors (Lipinski definition) is 1. The highest BCUT2D eigenvalue weighted by Crippen LogP contribution is 2.28. The van der Waals surface area contributed by atoms with E-state index in [1.54, 1.807) is 44.4 Å². The van der Waals surface area contributed by atoms with Gasteiger partial charge in [0.25, 0.3) is 11.8 Å². The Morgan fingerprint density at radius 1 is 1.09 bits per heavy atom. The number of hydrogen-bond acceptors (Lipinski definition) is 7. The van der Waals surface area contributed by atoms with Gasteiger partial charge in [-0.3, -0.25) is 9.59 Å². The maximum Gasteiger partial charge on any atom is 0.259 e. The molecule has 2 aromatic carbocycles. The highest BCUT2D eigenvalue weighted by molar-refractivity contribution is 7.89. The van der Waals surface area contributed by atoms with Crippen LogP contribution in [0, 0.1) is 0 Å². The largest absolute Gasteiger partial charge is 0.493 e. The normalized spacial score (nSPS) is 14.3. The first-order chi connectivity index (χ1) is 16.2. The molecule has 1 saturated heterocycles. The number of ether oxygens (including phenoxy) is 3. The van der Waals surface area contributed by atoms with Gasteiger partial charge in [-0.25, -0.2) is 8.42 Å². The number of rotatable bonds is 9. The minimum atomic E-state index is -3.70. The number of methoxy groups -OCH3 is 1. The van der Waals surface area contributed by atoms with Crippen molar-refractivity contribution in [2.24, 2.45) is 0 Å². The van der Waals surface area contributed by atoms with Crippen LogP contribution in [0.3, 0.4) is 0 Å². The van der Waals surface area contributed by atoms with Crippen molar-refractivity contribution in [3.05, 3.63) is 53.6 Å². The fraction of sp³-hybridized carbons (Fsp3) is 0.391. The lowest BCUT2D eigenvalue weighted by Gasteiger charge is -2.26. The Balaban J connectivity index is 1.65. The highest BCUT2D eigenvalue weighted by atomic mass is 32.2. The molecule has 1 N–H and O–H groups in total. The topological polar surface area (TPSA) is 114 Å². The summed E-state index contributed by atoms with van der Waals surface area (Å²) in [4.78, 5) is 25.9. The molecular formula is C23H29N3O7S. The SMILES string of the molecule is COc1cc(CNC(=O)c2cccc(S(=O)(=O)N3CCOCC3)c2)ccc1OCC(=O)N(C)C. The van der Waals surface area contributed by atoms with E-state index in [2.05, 4.69) is 5.32 Å². The Hall–Kier alpha value is -3.15. The molecule has 34 heavy (non-hydrogen) atoms. The summed E-state index contributed by atoms with van der Waals surface area (Å²) in [5, 5.41) is 2.78. The van der Waals surface area contributed by atoms with Crippen LogP contribution in [0.5, 0.6) is 11.5 Å². The van der Waals surface area contributed by atoms with Crippen LogP contribution in [-0.4, -0.2) is 83.6 Å². The quantitative estimate of drug-likeness (QED) is 0.559. The van der Waals surface area contributed by atoms with E-state index >= 15 is 0 Å². The molecule has 2 aromatic rings. The van der Waals surface area contributed by atoms with Crippen LogP contribution in [0.4, 0.5) is 0 Å². The first kappa shape index (κ1) is 25.5. The summed E-state index contributed by atoms with van der Waals surface area (Å²) in [6.45, 7) is 1.32. The molecule has 0 aromatic heterocycles. The van der Waals surface area contributed by atoms with Gasteiger partial charge in [-0.15, -0.1) is 0 Å². The molecule has 2 amide bonds. The number of morpholine rings is 1. The molecule has 11 heteroatoms. The van der Waals surface area contributed by atoms with Gasteiger partial charge in [-0.2, -0.15) is 4.31 Å². The summed E-state index contributed by atoms with van der Waals surface area (Å²) in [7, 11) is 1.07. The van der Waals surface area contributed by atoms with Gasteiger partial charge < -0.3 is 24.4 Å². The molecule has 1 fully saturated rings. The van der Waals surface area contributed by atoms with E-state index in [0.717, 1.165) is 5.56 Å².